The summed E-state index contributed by atoms with van der Waals surface area (Å²) in [5.74, 6) is 2.25. The monoisotopic (exact) mass is 289 g/mol. The lowest BCUT2D eigenvalue weighted by atomic mass is 10.2. The van der Waals surface area contributed by atoms with Gasteiger partial charge in [0.1, 0.15) is 11.6 Å². The molecule has 5 heteroatoms. The van der Waals surface area contributed by atoms with Crippen molar-refractivity contribution in [3.05, 3.63) is 41.5 Å². The van der Waals surface area contributed by atoms with Gasteiger partial charge in [-0.05, 0) is 37.3 Å². The number of benzene rings is 1. The molecule has 0 radical (unpaired) electrons. The van der Waals surface area contributed by atoms with E-state index in [1.807, 2.05) is 12.1 Å². The average molecular weight is 289 g/mol. The summed E-state index contributed by atoms with van der Waals surface area (Å²) in [6, 6.07) is 7.53. The van der Waals surface area contributed by atoms with E-state index in [4.69, 9.17) is 0 Å². The van der Waals surface area contributed by atoms with E-state index in [0.29, 0.717) is 17.7 Å². The predicted molar refractivity (Wildman–Crippen MR) is 76.2 cm³/mol. The fraction of sp³-hybridized carbons (Fsp3) is 0.467. The van der Waals surface area contributed by atoms with Crippen LogP contribution >= 0.6 is 11.8 Å². The van der Waals surface area contributed by atoms with E-state index in [1.165, 1.54) is 31.7 Å². The molecule has 0 spiro atoms. The van der Waals surface area contributed by atoms with Crippen LogP contribution in [0.4, 0.5) is 4.39 Å². The molecule has 4 rings (SSSR count). The molecule has 2 saturated carbocycles. The van der Waals surface area contributed by atoms with Crippen LogP contribution < -0.4 is 0 Å². The maximum atomic E-state index is 13.7. The molecule has 20 heavy (non-hydrogen) atoms. The highest BCUT2D eigenvalue weighted by Crippen LogP contribution is 2.46. The molecule has 0 amide bonds. The van der Waals surface area contributed by atoms with E-state index in [1.54, 1.807) is 17.8 Å². The lowest BCUT2D eigenvalue weighted by molar-refractivity contribution is 0.615. The second-order valence-corrected chi connectivity index (χ2v) is 6.54. The van der Waals surface area contributed by atoms with Gasteiger partial charge in [0, 0.05) is 17.7 Å². The first-order valence-electron chi connectivity index (χ1n) is 7.14. The van der Waals surface area contributed by atoms with Crippen LogP contribution in [0.25, 0.3) is 0 Å². The van der Waals surface area contributed by atoms with Crippen LogP contribution in [-0.2, 0) is 5.75 Å². The Bertz CT molecular complexity index is 632. The minimum atomic E-state index is -0.139. The third kappa shape index (κ3) is 2.35. The number of hydrogen-bond donors (Lipinski definition) is 0. The first kappa shape index (κ1) is 12.4. The van der Waals surface area contributed by atoms with Crippen molar-refractivity contribution < 1.29 is 4.39 Å². The Labute approximate surface area is 121 Å². The van der Waals surface area contributed by atoms with Gasteiger partial charge < -0.3 is 4.57 Å². The minimum Gasteiger partial charge on any atom is -0.303 e. The molecule has 0 bridgehead atoms. The zero-order chi connectivity index (χ0) is 13.5. The number of rotatable bonds is 5. The van der Waals surface area contributed by atoms with Gasteiger partial charge in [0.2, 0.25) is 0 Å². The second-order valence-electron chi connectivity index (χ2n) is 5.60. The smallest absolute Gasteiger partial charge is 0.191 e. The zero-order valence-corrected chi connectivity index (χ0v) is 11.9. The quantitative estimate of drug-likeness (QED) is 0.782. The van der Waals surface area contributed by atoms with Crippen molar-refractivity contribution in [3.63, 3.8) is 0 Å². The Morgan fingerprint density at radius 1 is 1.15 bits per heavy atom. The van der Waals surface area contributed by atoms with Gasteiger partial charge in [0.05, 0.1) is 0 Å². The Hall–Kier alpha value is -1.36. The molecule has 2 aliphatic rings. The molecule has 104 valence electrons. The lowest BCUT2D eigenvalue weighted by Crippen LogP contribution is -2.02. The predicted octanol–water partition coefficient (Wildman–Crippen LogP) is 3.92. The largest absolute Gasteiger partial charge is 0.303 e. The number of halogens is 1. The Balaban J connectivity index is 1.55. The number of thioether (sulfide) groups is 1. The van der Waals surface area contributed by atoms with Crippen molar-refractivity contribution in [2.45, 2.75) is 48.6 Å². The van der Waals surface area contributed by atoms with E-state index < -0.39 is 0 Å². The summed E-state index contributed by atoms with van der Waals surface area (Å²) in [4.78, 5) is 0. The maximum Gasteiger partial charge on any atom is 0.191 e. The van der Waals surface area contributed by atoms with Crippen LogP contribution in [0.3, 0.4) is 0 Å². The minimum absolute atomic E-state index is 0.139. The van der Waals surface area contributed by atoms with Gasteiger partial charge in [-0.15, -0.1) is 10.2 Å². The van der Waals surface area contributed by atoms with Gasteiger partial charge in [-0.3, -0.25) is 0 Å². The van der Waals surface area contributed by atoms with Crippen LogP contribution in [0.2, 0.25) is 0 Å². The Morgan fingerprint density at radius 3 is 2.65 bits per heavy atom. The molecule has 1 aromatic heterocycles. The SMILES string of the molecule is Fc1ccccc1CSc1nnc(C2CC2)n1C1CC1. The summed E-state index contributed by atoms with van der Waals surface area (Å²) in [5, 5.41) is 9.67. The standard InChI is InChI=1S/C15H16FN3S/c16-13-4-2-1-3-11(13)9-20-15-18-17-14(10-5-6-10)19(15)12-7-8-12/h1-4,10,12H,5-9H2. The third-order valence-electron chi connectivity index (χ3n) is 3.86. The van der Waals surface area contributed by atoms with Crippen molar-refractivity contribution in [1.29, 1.82) is 0 Å². The molecule has 3 nitrogen and oxygen atoms in total. The summed E-state index contributed by atoms with van der Waals surface area (Å²) in [6.45, 7) is 0. The summed E-state index contributed by atoms with van der Waals surface area (Å²) in [7, 11) is 0. The molecule has 1 heterocycles. The van der Waals surface area contributed by atoms with Crippen molar-refractivity contribution >= 4 is 11.8 Å². The summed E-state index contributed by atoms with van der Waals surface area (Å²) >= 11 is 1.60. The van der Waals surface area contributed by atoms with E-state index in [2.05, 4.69) is 14.8 Å². The van der Waals surface area contributed by atoms with Crippen LogP contribution in [0.15, 0.2) is 29.4 Å². The Kier molecular flexibility index (Phi) is 3.02. The fourth-order valence-electron chi connectivity index (χ4n) is 2.44. The van der Waals surface area contributed by atoms with Gasteiger partial charge >= 0.3 is 0 Å². The van der Waals surface area contributed by atoms with Gasteiger partial charge in [-0.1, -0.05) is 30.0 Å². The average Bonchev–Trinajstić information content (AvgIpc) is 3.37. The highest BCUT2D eigenvalue weighted by Gasteiger charge is 2.36. The second kappa shape index (κ2) is 4.88. The molecule has 2 fully saturated rings. The van der Waals surface area contributed by atoms with Gasteiger partial charge in [-0.25, -0.2) is 4.39 Å². The van der Waals surface area contributed by atoms with Crippen LogP contribution in [0, 0.1) is 5.82 Å². The van der Waals surface area contributed by atoms with Gasteiger partial charge in [0.25, 0.3) is 0 Å². The Morgan fingerprint density at radius 2 is 1.95 bits per heavy atom. The number of aromatic nitrogens is 3. The molecule has 2 aromatic rings. The van der Waals surface area contributed by atoms with Crippen LogP contribution in [0.1, 0.15) is 49.0 Å². The lowest BCUT2D eigenvalue weighted by Gasteiger charge is -2.08. The highest BCUT2D eigenvalue weighted by molar-refractivity contribution is 7.98. The molecule has 1 aromatic carbocycles. The van der Waals surface area contributed by atoms with Crippen molar-refractivity contribution in [2.75, 3.05) is 0 Å². The van der Waals surface area contributed by atoms with Crippen molar-refractivity contribution in [1.82, 2.24) is 14.8 Å². The van der Waals surface area contributed by atoms with Gasteiger partial charge in [-0.2, -0.15) is 0 Å². The van der Waals surface area contributed by atoms with Crippen LogP contribution in [-0.4, -0.2) is 14.8 Å². The number of hydrogen-bond acceptors (Lipinski definition) is 3. The highest BCUT2D eigenvalue weighted by atomic mass is 32.2. The molecule has 2 aliphatic carbocycles. The van der Waals surface area contributed by atoms with E-state index >= 15 is 0 Å². The van der Waals surface area contributed by atoms with E-state index in [0.717, 1.165) is 16.5 Å². The molecule has 0 aliphatic heterocycles. The molecule has 0 unspecified atom stereocenters. The first-order chi connectivity index (χ1) is 9.83. The molecule has 0 saturated heterocycles. The summed E-state index contributed by atoms with van der Waals surface area (Å²) < 4.78 is 16.0. The van der Waals surface area contributed by atoms with E-state index in [-0.39, 0.29) is 5.82 Å². The fourth-order valence-corrected chi connectivity index (χ4v) is 3.44. The van der Waals surface area contributed by atoms with Crippen molar-refractivity contribution in [2.24, 2.45) is 0 Å². The number of nitrogens with zero attached hydrogens (tertiary/aromatic N) is 3. The molecule has 0 atom stereocenters. The summed E-state index contributed by atoms with van der Waals surface area (Å²) in [5.41, 5.74) is 0.732. The van der Waals surface area contributed by atoms with Crippen molar-refractivity contribution in [3.8, 4) is 0 Å². The third-order valence-corrected chi connectivity index (χ3v) is 4.85. The van der Waals surface area contributed by atoms with Gasteiger partial charge in [0.15, 0.2) is 5.16 Å². The first-order valence-corrected chi connectivity index (χ1v) is 8.12. The van der Waals surface area contributed by atoms with E-state index in [9.17, 15) is 4.39 Å². The summed E-state index contributed by atoms with van der Waals surface area (Å²) in [6.07, 6.45) is 4.93. The molecular formula is C15H16FN3S. The molecule has 0 N–H and O–H groups in total. The zero-order valence-electron chi connectivity index (χ0n) is 11.1. The maximum absolute atomic E-state index is 13.7. The molecular weight excluding hydrogens is 273 g/mol. The topological polar surface area (TPSA) is 30.7 Å². The normalized spacial score (nSPS) is 18.4. The van der Waals surface area contributed by atoms with Crippen LogP contribution in [0.5, 0.6) is 0 Å².